The summed E-state index contributed by atoms with van der Waals surface area (Å²) in [5.41, 5.74) is 0.738. The van der Waals surface area contributed by atoms with Gasteiger partial charge >= 0.3 is 5.97 Å². The van der Waals surface area contributed by atoms with E-state index >= 15 is 0 Å². The zero-order valence-electron chi connectivity index (χ0n) is 13.6. The summed E-state index contributed by atoms with van der Waals surface area (Å²) in [6.45, 7) is 0.197. The third-order valence-corrected chi connectivity index (χ3v) is 3.70. The summed E-state index contributed by atoms with van der Waals surface area (Å²) in [5, 5.41) is 9.35. The Morgan fingerprint density at radius 2 is 2.00 bits per heavy atom. The molecule has 1 N–H and O–H groups in total. The molecule has 0 fully saturated rings. The standard InChI is InChI=1S/C17H15N3O5/c1-24-14-6-4-11(19-15(14)25-2)8-20-9-18-13-7-10(17(22)23)3-5-12(13)16(20)21/h3-7,9H,8H2,1-2H3,(H,22,23). The van der Waals surface area contributed by atoms with E-state index in [0.29, 0.717) is 28.2 Å². The van der Waals surface area contributed by atoms with Gasteiger partial charge in [-0.3, -0.25) is 9.36 Å². The zero-order valence-corrected chi connectivity index (χ0v) is 13.6. The molecule has 0 saturated carbocycles. The topological polar surface area (TPSA) is 104 Å². The monoisotopic (exact) mass is 341 g/mol. The number of carbonyl (C=O) groups is 1. The van der Waals surface area contributed by atoms with Crippen molar-refractivity contribution in [2.24, 2.45) is 0 Å². The van der Waals surface area contributed by atoms with E-state index in [1.54, 1.807) is 12.1 Å². The SMILES string of the molecule is COc1ccc(Cn2cnc3cc(C(=O)O)ccc3c2=O)nc1OC. The van der Waals surface area contributed by atoms with E-state index in [9.17, 15) is 9.59 Å². The summed E-state index contributed by atoms with van der Waals surface area (Å²) in [6, 6.07) is 7.66. The van der Waals surface area contributed by atoms with Crippen LogP contribution in [-0.2, 0) is 6.54 Å². The lowest BCUT2D eigenvalue weighted by atomic mass is 10.1. The minimum absolute atomic E-state index is 0.0821. The van der Waals surface area contributed by atoms with Crippen LogP contribution < -0.4 is 15.0 Å². The molecule has 128 valence electrons. The molecule has 0 aliphatic rings. The van der Waals surface area contributed by atoms with Crippen LogP contribution in [0.1, 0.15) is 16.1 Å². The van der Waals surface area contributed by atoms with Crippen LogP contribution in [0, 0.1) is 0 Å². The van der Waals surface area contributed by atoms with Crippen molar-refractivity contribution < 1.29 is 19.4 Å². The zero-order chi connectivity index (χ0) is 18.0. The molecule has 0 radical (unpaired) electrons. The highest BCUT2D eigenvalue weighted by atomic mass is 16.5. The maximum Gasteiger partial charge on any atom is 0.335 e. The molecule has 3 rings (SSSR count). The van der Waals surface area contributed by atoms with Gasteiger partial charge in [-0.15, -0.1) is 0 Å². The third kappa shape index (κ3) is 3.14. The Balaban J connectivity index is 1.99. The van der Waals surface area contributed by atoms with Crippen LogP contribution in [0.3, 0.4) is 0 Å². The van der Waals surface area contributed by atoms with E-state index in [2.05, 4.69) is 9.97 Å². The van der Waals surface area contributed by atoms with Gasteiger partial charge in [0.15, 0.2) is 5.75 Å². The van der Waals surface area contributed by atoms with E-state index in [1.807, 2.05) is 0 Å². The number of methoxy groups -OCH3 is 2. The minimum atomic E-state index is -1.07. The molecule has 3 aromatic rings. The highest BCUT2D eigenvalue weighted by Gasteiger charge is 2.11. The maximum absolute atomic E-state index is 12.6. The minimum Gasteiger partial charge on any atom is -0.491 e. The molecule has 0 spiro atoms. The van der Waals surface area contributed by atoms with E-state index in [-0.39, 0.29) is 17.7 Å². The van der Waals surface area contributed by atoms with Gasteiger partial charge < -0.3 is 14.6 Å². The van der Waals surface area contributed by atoms with E-state index in [0.717, 1.165) is 0 Å². The number of hydrogen-bond donors (Lipinski definition) is 1. The molecule has 0 saturated heterocycles. The van der Waals surface area contributed by atoms with Gasteiger partial charge in [0.1, 0.15) is 0 Å². The Labute approximate surface area is 142 Å². The number of aromatic carboxylic acids is 1. The Bertz CT molecular complexity index is 1010. The molecular weight excluding hydrogens is 326 g/mol. The average Bonchev–Trinajstić information content (AvgIpc) is 2.63. The molecule has 0 atom stereocenters. The first-order chi connectivity index (χ1) is 12.0. The van der Waals surface area contributed by atoms with E-state index < -0.39 is 5.97 Å². The lowest BCUT2D eigenvalue weighted by molar-refractivity contribution is 0.0697. The number of hydrogen-bond acceptors (Lipinski definition) is 6. The molecular formula is C17H15N3O5. The van der Waals surface area contributed by atoms with Crippen molar-refractivity contribution >= 4 is 16.9 Å². The molecule has 0 aliphatic heterocycles. The highest BCUT2D eigenvalue weighted by Crippen LogP contribution is 2.24. The summed E-state index contributed by atoms with van der Waals surface area (Å²) >= 11 is 0. The van der Waals surface area contributed by atoms with Gasteiger partial charge in [0.05, 0.1) is 49.3 Å². The van der Waals surface area contributed by atoms with Crippen molar-refractivity contribution in [3.05, 3.63) is 58.3 Å². The van der Waals surface area contributed by atoms with Crippen molar-refractivity contribution in [3.63, 3.8) is 0 Å². The second kappa shape index (κ2) is 6.60. The second-order valence-corrected chi connectivity index (χ2v) is 5.23. The third-order valence-electron chi connectivity index (χ3n) is 3.70. The molecule has 0 amide bonds. The van der Waals surface area contributed by atoms with Crippen molar-refractivity contribution in [2.45, 2.75) is 6.54 Å². The van der Waals surface area contributed by atoms with Crippen LogP contribution in [0.25, 0.3) is 10.9 Å². The summed E-state index contributed by atoms with van der Waals surface area (Å²) in [4.78, 5) is 32.1. The van der Waals surface area contributed by atoms with Crippen LogP contribution in [-0.4, -0.2) is 39.8 Å². The number of carboxylic acids is 1. The van der Waals surface area contributed by atoms with Crippen LogP contribution in [0.5, 0.6) is 11.6 Å². The fourth-order valence-corrected chi connectivity index (χ4v) is 2.43. The molecule has 0 bridgehead atoms. The Morgan fingerprint density at radius 3 is 2.68 bits per heavy atom. The van der Waals surface area contributed by atoms with Crippen molar-refractivity contribution in [2.75, 3.05) is 14.2 Å². The van der Waals surface area contributed by atoms with Crippen molar-refractivity contribution in [1.82, 2.24) is 14.5 Å². The second-order valence-electron chi connectivity index (χ2n) is 5.23. The lowest BCUT2D eigenvalue weighted by Gasteiger charge is -2.10. The number of ether oxygens (including phenoxy) is 2. The van der Waals surface area contributed by atoms with Gasteiger partial charge in [-0.05, 0) is 30.3 Å². The predicted octanol–water partition coefficient (Wildman–Crippen LogP) is 1.56. The van der Waals surface area contributed by atoms with Gasteiger partial charge in [0.2, 0.25) is 0 Å². The van der Waals surface area contributed by atoms with Gasteiger partial charge in [0, 0.05) is 0 Å². The first-order valence-electron chi connectivity index (χ1n) is 7.34. The van der Waals surface area contributed by atoms with Crippen LogP contribution in [0.15, 0.2) is 41.5 Å². The number of benzene rings is 1. The Morgan fingerprint density at radius 1 is 1.20 bits per heavy atom. The predicted molar refractivity (Wildman–Crippen MR) is 89.4 cm³/mol. The van der Waals surface area contributed by atoms with Crippen LogP contribution in [0.2, 0.25) is 0 Å². The quantitative estimate of drug-likeness (QED) is 0.751. The number of nitrogens with zero attached hydrogens (tertiary/aromatic N) is 3. The fraction of sp³-hybridized carbons (Fsp3) is 0.176. The molecule has 8 nitrogen and oxygen atoms in total. The number of carboxylic acid groups (broad SMARTS) is 1. The maximum atomic E-state index is 12.6. The number of fused-ring (bicyclic) bond motifs is 1. The van der Waals surface area contributed by atoms with Gasteiger partial charge in [-0.2, -0.15) is 0 Å². The normalized spacial score (nSPS) is 10.6. The fourth-order valence-electron chi connectivity index (χ4n) is 2.43. The van der Waals surface area contributed by atoms with Crippen molar-refractivity contribution in [3.8, 4) is 11.6 Å². The lowest BCUT2D eigenvalue weighted by Crippen LogP contribution is -2.21. The highest BCUT2D eigenvalue weighted by molar-refractivity contribution is 5.92. The molecule has 25 heavy (non-hydrogen) atoms. The van der Waals surface area contributed by atoms with Crippen LogP contribution in [0.4, 0.5) is 0 Å². The molecule has 8 heteroatoms. The summed E-state index contributed by atoms with van der Waals surface area (Å²) in [5.74, 6) is -0.244. The largest absolute Gasteiger partial charge is 0.491 e. The van der Waals surface area contributed by atoms with Gasteiger partial charge in [-0.25, -0.2) is 14.8 Å². The molecule has 0 unspecified atom stereocenters. The smallest absolute Gasteiger partial charge is 0.335 e. The molecule has 2 heterocycles. The number of rotatable bonds is 5. The first kappa shape index (κ1) is 16.4. The average molecular weight is 341 g/mol. The summed E-state index contributed by atoms with van der Waals surface area (Å²) in [7, 11) is 3.00. The molecule has 1 aromatic carbocycles. The van der Waals surface area contributed by atoms with Gasteiger partial charge in [-0.1, -0.05) is 0 Å². The number of aromatic nitrogens is 3. The Hall–Kier alpha value is -3.42. The van der Waals surface area contributed by atoms with E-state index in [1.165, 1.54) is 43.3 Å². The molecule has 0 aliphatic carbocycles. The van der Waals surface area contributed by atoms with E-state index in [4.69, 9.17) is 14.6 Å². The number of pyridine rings is 1. The Kier molecular flexibility index (Phi) is 4.34. The van der Waals surface area contributed by atoms with Gasteiger partial charge in [0.25, 0.3) is 11.4 Å². The van der Waals surface area contributed by atoms with Crippen molar-refractivity contribution in [1.29, 1.82) is 0 Å². The summed E-state index contributed by atoms with van der Waals surface area (Å²) in [6.07, 6.45) is 1.37. The summed E-state index contributed by atoms with van der Waals surface area (Å²) < 4.78 is 11.7. The molecule has 2 aromatic heterocycles. The van der Waals surface area contributed by atoms with Crippen LogP contribution >= 0.6 is 0 Å². The first-order valence-corrected chi connectivity index (χ1v) is 7.34.